The highest BCUT2D eigenvalue weighted by atomic mass is 16.7. The van der Waals surface area contributed by atoms with Crippen molar-refractivity contribution < 1.29 is 47.6 Å². The third kappa shape index (κ3) is 41.7. The summed E-state index contributed by atoms with van der Waals surface area (Å²) >= 11 is 0. The van der Waals surface area contributed by atoms with Crippen LogP contribution < -0.4 is 0 Å². The molecule has 3 atom stereocenters. The van der Waals surface area contributed by atoms with Gasteiger partial charge >= 0.3 is 24.2 Å². The van der Waals surface area contributed by atoms with Gasteiger partial charge in [-0.05, 0) is 89.1 Å². The highest BCUT2D eigenvalue weighted by Gasteiger charge is 2.22. The first-order valence-electron chi connectivity index (χ1n) is 29.0. The van der Waals surface area contributed by atoms with Crippen molar-refractivity contribution in [2.24, 2.45) is 11.8 Å². The molecule has 12 heteroatoms. The van der Waals surface area contributed by atoms with Crippen LogP contribution in [0.25, 0.3) is 0 Å². The summed E-state index contributed by atoms with van der Waals surface area (Å²) in [6.07, 6.45) is 28.4. The fourth-order valence-corrected chi connectivity index (χ4v) is 8.79. The number of rotatable bonds is 50. The molecule has 0 aromatic carbocycles. The van der Waals surface area contributed by atoms with Gasteiger partial charge in [0.25, 0.3) is 0 Å². The van der Waals surface area contributed by atoms with Crippen LogP contribution in [0.4, 0.5) is 9.59 Å². The Morgan fingerprint density at radius 3 is 1.01 bits per heavy atom. The van der Waals surface area contributed by atoms with Crippen molar-refractivity contribution in [1.29, 1.82) is 0 Å². The Labute approximate surface area is 424 Å². The number of hydrogen-bond acceptors (Lipinski definition) is 12. The lowest BCUT2D eigenvalue weighted by molar-refractivity contribution is -0.146. The second kappa shape index (κ2) is 49.0. The van der Waals surface area contributed by atoms with E-state index in [1.54, 1.807) is 0 Å². The minimum Gasteiger partial charge on any atom is -0.465 e. The molecule has 0 aliphatic rings. The first kappa shape index (κ1) is 66.4. The number of carbonyl (C=O) groups excluding carboxylic acids is 4. The lowest BCUT2D eigenvalue weighted by Crippen LogP contribution is -2.39. The zero-order valence-electron chi connectivity index (χ0n) is 46.3. The Morgan fingerprint density at radius 1 is 0.348 bits per heavy atom. The summed E-state index contributed by atoms with van der Waals surface area (Å²) in [7, 11) is 0. The predicted molar refractivity (Wildman–Crippen MR) is 283 cm³/mol. The van der Waals surface area contributed by atoms with E-state index < -0.39 is 24.5 Å². The average molecular weight is 984 g/mol. The monoisotopic (exact) mass is 983 g/mol. The van der Waals surface area contributed by atoms with E-state index in [9.17, 15) is 19.2 Å². The maximum Gasteiger partial charge on any atom is 0.508 e. The fraction of sp³-hybridized carbons (Fsp3) is 0.930. The molecule has 0 saturated carbocycles. The minimum absolute atomic E-state index is 0.109. The molecule has 0 aromatic heterocycles. The molecule has 0 aromatic rings. The molecule has 0 aliphatic heterocycles. The Hall–Kier alpha value is -2.60. The maximum absolute atomic E-state index is 13.1. The fourth-order valence-electron chi connectivity index (χ4n) is 8.79. The molecule has 408 valence electrons. The largest absolute Gasteiger partial charge is 0.508 e. The van der Waals surface area contributed by atoms with Crippen LogP contribution in [0.5, 0.6) is 0 Å². The number of hydrogen-bond donors (Lipinski definition) is 0. The van der Waals surface area contributed by atoms with Gasteiger partial charge < -0.3 is 33.3 Å². The molecule has 3 unspecified atom stereocenters. The van der Waals surface area contributed by atoms with Gasteiger partial charge in [-0.25, -0.2) is 9.59 Å². The number of ether oxygens (including phenoxy) is 6. The zero-order chi connectivity index (χ0) is 51.0. The third-order valence-electron chi connectivity index (χ3n) is 13.6. The Bertz CT molecular complexity index is 1180. The molecular weight excluding hydrogens is 873 g/mol. The molecule has 0 amide bonds. The van der Waals surface area contributed by atoms with Gasteiger partial charge in [0.2, 0.25) is 0 Å². The summed E-state index contributed by atoms with van der Waals surface area (Å²) in [6.45, 7) is 22.8. The van der Waals surface area contributed by atoms with E-state index in [4.69, 9.17) is 28.4 Å². The molecular formula is C57H110N2O10. The first-order chi connectivity index (χ1) is 33.6. The molecule has 69 heavy (non-hydrogen) atoms. The summed E-state index contributed by atoms with van der Waals surface area (Å²) in [4.78, 5) is 56.5. The van der Waals surface area contributed by atoms with Crippen LogP contribution in [0.3, 0.4) is 0 Å². The van der Waals surface area contributed by atoms with Crippen LogP contribution in [0, 0.1) is 11.8 Å². The third-order valence-corrected chi connectivity index (χ3v) is 13.6. The van der Waals surface area contributed by atoms with Crippen LogP contribution in [0.1, 0.15) is 254 Å². The normalized spacial score (nSPS) is 12.9. The molecule has 0 heterocycles. The van der Waals surface area contributed by atoms with Crippen molar-refractivity contribution >= 4 is 24.2 Å². The Balaban J connectivity index is 5.35. The van der Waals surface area contributed by atoms with Crippen molar-refractivity contribution in [2.45, 2.75) is 267 Å². The van der Waals surface area contributed by atoms with E-state index in [1.807, 2.05) is 0 Å². The number of esters is 2. The summed E-state index contributed by atoms with van der Waals surface area (Å²) in [6, 6.07) is 0. The standard InChI is InChI=1S/C57H110N2O10/c1-9-17-23-29-35-51(34-28-22-14-6)49-67-55(61)41-39-53(37-31-25-19-11-3)69-57(63)65-47-45-59(43-42-58(15-7)16-8)44-46-64-56(62)68-52(36-30-24-18-10-2)38-40-54(60)66-48-50(32-26-20-12-4)33-27-21-13-5/h50-53H,9-49H2,1-8H3. The molecule has 0 rings (SSSR count). The summed E-state index contributed by atoms with van der Waals surface area (Å²) in [5.74, 6) is 0.333. The van der Waals surface area contributed by atoms with Gasteiger partial charge in [0.1, 0.15) is 25.4 Å². The molecule has 0 N–H and O–H groups in total. The Morgan fingerprint density at radius 2 is 0.667 bits per heavy atom. The number of nitrogens with zero attached hydrogens (tertiary/aromatic N) is 2. The molecule has 0 aliphatic carbocycles. The van der Waals surface area contributed by atoms with Gasteiger partial charge in [-0.3, -0.25) is 14.5 Å². The van der Waals surface area contributed by atoms with Crippen molar-refractivity contribution in [3.63, 3.8) is 0 Å². The van der Waals surface area contributed by atoms with Crippen LogP contribution in [0.2, 0.25) is 0 Å². The van der Waals surface area contributed by atoms with E-state index in [-0.39, 0.29) is 38.0 Å². The van der Waals surface area contributed by atoms with Crippen LogP contribution in [0.15, 0.2) is 0 Å². The van der Waals surface area contributed by atoms with E-state index in [2.05, 4.69) is 65.2 Å². The van der Waals surface area contributed by atoms with Crippen LogP contribution >= 0.6 is 0 Å². The van der Waals surface area contributed by atoms with E-state index in [1.165, 1.54) is 70.6 Å². The van der Waals surface area contributed by atoms with Crippen molar-refractivity contribution in [3.05, 3.63) is 0 Å². The molecule has 0 saturated heterocycles. The molecule has 0 spiro atoms. The lowest BCUT2D eigenvalue weighted by Gasteiger charge is -2.26. The topological polar surface area (TPSA) is 130 Å². The van der Waals surface area contributed by atoms with Crippen molar-refractivity contribution in [1.82, 2.24) is 9.80 Å². The molecule has 0 radical (unpaired) electrons. The molecule has 0 bridgehead atoms. The highest BCUT2D eigenvalue weighted by Crippen LogP contribution is 2.22. The Kier molecular flexibility index (Phi) is 47.2. The summed E-state index contributed by atoms with van der Waals surface area (Å²) in [5.41, 5.74) is 0. The van der Waals surface area contributed by atoms with Gasteiger partial charge in [-0.1, -0.05) is 177 Å². The van der Waals surface area contributed by atoms with Crippen molar-refractivity contribution in [3.8, 4) is 0 Å². The summed E-state index contributed by atoms with van der Waals surface area (Å²) in [5, 5.41) is 0. The minimum atomic E-state index is -0.734. The van der Waals surface area contributed by atoms with Gasteiger partial charge in [-0.15, -0.1) is 0 Å². The van der Waals surface area contributed by atoms with Crippen LogP contribution in [-0.2, 0) is 38.0 Å². The SMILES string of the molecule is CCCCCCC(CCCCC)COC(=O)CCC(CCCCCC)OC(=O)OCCN(CCOC(=O)OC(CCCCCC)CCC(=O)OCC(CCCCC)CCCCC)CCN(CC)CC. The first-order valence-corrected chi connectivity index (χ1v) is 29.0. The number of unbranched alkanes of at least 4 members (excludes halogenated alkanes) is 15. The van der Waals surface area contributed by atoms with Gasteiger partial charge in [0, 0.05) is 39.0 Å². The highest BCUT2D eigenvalue weighted by molar-refractivity contribution is 5.70. The van der Waals surface area contributed by atoms with E-state index >= 15 is 0 Å². The lowest BCUT2D eigenvalue weighted by atomic mass is 9.95. The second-order valence-electron chi connectivity index (χ2n) is 19.8. The number of carbonyl (C=O) groups is 4. The van der Waals surface area contributed by atoms with Gasteiger partial charge in [0.15, 0.2) is 0 Å². The zero-order valence-corrected chi connectivity index (χ0v) is 46.3. The average Bonchev–Trinajstić information content (AvgIpc) is 3.34. The maximum atomic E-state index is 13.1. The smallest absolute Gasteiger partial charge is 0.465 e. The van der Waals surface area contributed by atoms with E-state index in [0.717, 1.165) is 110 Å². The summed E-state index contributed by atoms with van der Waals surface area (Å²) < 4.78 is 34.5. The van der Waals surface area contributed by atoms with Crippen molar-refractivity contribution in [2.75, 3.05) is 65.7 Å². The number of likely N-dealkylation sites (N-methyl/N-ethyl adjacent to an activating group) is 1. The molecule has 0 fully saturated rings. The predicted octanol–water partition coefficient (Wildman–Crippen LogP) is 15.2. The van der Waals surface area contributed by atoms with Gasteiger partial charge in [0.05, 0.1) is 13.2 Å². The quantitative estimate of drug-likeness (QED) is 0.0327. The van der Waals surface area contributed by atoms with Gasteiger partial charge in [-0.2, -0.15) is 0 Å². The van der Waals surface area contributed by atoms with Crippen LogP contribution in [-0.4, -0.2) is 112 Å². The molecule has 12 nitrogen and oxygen atoms in total. The van der Waals surface area contributed by atoms with E-state index in [0.29, 0.717) is 70.4 Å². The second-order valence-corrected chi connectivity index (χ2v) is 19.8.